The Morgan fingerprint density at radius 1 is 1.18 bits per heavy atom. The van der Waals surface area contributed by atoms with Gasteiger partial charge in [0.2, 0.25) is 5.91 Å². The van der Waals surface area contributed by atoms with Gasteiger partial charge in [0, 0.05) is 45.9 Å². The third kappa shape index (κ3) is 4.21. The molecule has 0 saturated carbocycles. The summed E-state index contributed by atoms with van der Waals surface area (Å²) in [6.07, 6.45) is 1.33. The zero-order chi connectivity index (χ0) is 16.4. The molecule has 0 aromatic carbocycles. The zero-order valence-electron chi connectivity index (χ0n) is 14.6. The first-order chi connectivity index (χ1) is 10.2. The monoisotopic (exact) mass is 312 g/mol. The van der Waals surface area contributed by atoms with Crippen LogP contribution in [0.2, 0.25) is 0 Å². The number of carbonyl (C=O) groups is 1. The van der Waals surface area contributed by atoms with Gasteiger partial charge in [0.05, 0.1) is 11.5 Å². The highest BCUT2D eigenvalue weighted by molar-refractivity contribution is 5.82. The smallest absolute Gasteiger partial charge is 0.228 e. The molecule has 1 atom stereocenters. The fraction of sp³-hybridized carbons (Fsp3) is 0.941. The van der Waals surface area contributed by atoms with Crippen LogP contribution in [0.3, 0.4) is 0 Å². The van der Waals surface area contributed by atoms with Crippen molar-refractivity contribution in [1.82, 2.24) is 9.80 Å². The lowest BCUT2D eigenvalue weighted by molar-refractivity contribution is -0.148. The van der Waals surface area contributed by atoms with Crippen LogP contribution in [0.1, 0.15) is 40.5 Å². The lowest BCUT2D eigenvalue weighted by Gasteiger charge is -2.42. The molecular formula is C17H32N2O3. The van der Waals surface area contributed by atoms with Gasteiger partial charge >= 0.3 is 0 Å². The van der Waals surface area contributed by atoms with Crippen molar-refractivity contribution in [3.63, 3.8) is 0 Å². The molecule has 2 saturated heterocycles. The van der Waals surface area contributed by atoms with Crippen LogP contribution in [-0.4, -0.2) is 72.9 Å². The molecule has 2 aliphatic heterocycles. The summed E-state index contributed by atoms with van der Waals surface area (Å²) >= 11 is 0. The summed E-state index contributed by atoms with van der Waals surface area (Å²) in [6.45, 7) is 13.6. The van der Waals surface area contributed by atoms with Crippen molar-refractivity contribution >= 4 is 5.91 Å². The molecule has 1 amide bonds. The Balaban J connectivity index is 1.83. The molecule has 0 aliphatic carbocycles. The minimum absolute atomic E-state index is 0.0947. The fourth-order valence-corrected chi connectivity index (χ4v) is 3.07. The van der Waals surface area contributed by atoms with Crippen LogP contribution in [0.25, 0.3) is 0 Å². The van der Waals surface area contributed by atoms with Gasteiger partial charge in [-0.3, -0.25) is 9.69 Å². The second-order valence-electron chi connectivity index (χ2n) is 8.15. The van der Waals surface area contributed by atoms with E-state index in [1.54, 1.807) is 0 Å². The first-order valence-corrected chi connectivity index (χ1v) is 8.50. The quantitative estimate of drug-likeness (QED) is 0.855. The highest BCUT2D eigenvalue weighted by Crippen LogP contribution is 2.32. The minimum atomic E-state index is -0.331. The predicted octanol–water partition coefficient (Wildman–Crippen LogP) is 1.35. The SMILES string of the molecule is CC1(C(=O)N2CCN(CC(O)C(C)(C)C)CC2)CCOCC1. The van der Waals surface area contributed by atoms with Crippen molar-refractivity contribution < 1.29 is 14.6 Å². The number of hydrogen-bond donors (Lipinski definition) is 1. The maximum atomic E-state index is 12.8. The van der Waals surface area contributed by atoms with Crippen molar-refractivity contribution in [3.05, 3.63) is 0 Å². The van der Waals surface area contributed by atoms with E-state index >= 15 is 0 Å². The van der Waals surface area contributed by atoms with Crippen molar-refractivity contribution in [2.24, 2.45) is 10.8 Å². The average molecular weight is 312 g/mol. The van der Waals surface area contributed by atoms with Gasteiger partial charge in [0.15, 0.2) is 0 Å². The Morgan fingerprint density at radius 3 is 2.23 bits per heavy atom. The van der Waals surface area contributed by atoms with Gasteiger partial charge in [0.25, 0.3) is 0 Å². The van der Waals surface area contributed by atoms with Gasteiger partial charge in [-0.25, -0.2) is 0 Å². The molecule has 0 aromatic heterocycles. The Labute approximate surface area is 134 Å². The third-order valence-corrected chi connectivity index (χ3v) is 5.20. The molecule has 128 valence electrons. The number of aliphatic hydroxyl groups excluding tert-OH is 1. The predicted molar refractivity (Wildman–Crippen MR) is 86.6 cm³/mol. The number of aliphatic hydroxyl groups is 1. The van der Waals surface area contributed by atoms with Crippen molar-refractivity contribution in [1.29, 1.82) is 0 Å². The largest absolute Gasteiger partial charge is 0.391 e. The van der Waals surface area contributed by atoms with Crippen LogP contribution in [0.15, 0.2) is 0 Å². The average Bonchev–Trinajstić information content (AvgIpc) is 2.47. The summed E-state index contributed by atoms with van der Waals surface area (Å²) < 4.78 is 5.39. The van der Waals surface area contributed by atoms with Gasteiger partial charge in [-0.2, -0.15) is 0 Å². The molecule has 2 fully saturated rings. The number of β-amino-alcohol motifs (C(OH)–C–C–N with tert-alkyl or cyclic N) is 1. The van der Waals surface area contributed by atoms with E-state index in [0.29, 0.717) is 19.8 Å². The van der Waals surface area contributed by atoms with E-state index in [-0.39, 0.29) is 22.8 Å². The summed E-state index contributed by atoms with van der Waals surface area (Å²) in [7, 11) is 0. The molecule has 2 rings (SSSR count). The van der Waals surface area contributed by atoms with E-state index in [2.05, 4.69) is 32.6 Å². The van der Waals surface area contributed by atoms with Crippen molar-refractivity contribution in [3.8, 4) is 0 Å². The standard InChI is InChI=1S/C17H32N2O3/c1-16(2,3)14(20)13-18-7-9-19(10-8-18)15(21)17(4)5-11-22-12-6-17/h14,20H,5-13H2,1-4H3. The lowest BCUT2D eigenvalue weighted by Crippen LogP contribution is -2.55. The van der Waals surface area contributed by atoms with E-state index in [1.807, 2.05) is 4.90 Å². The zero-order valence-corrected chi connectivity index (χ0v) is 14.6. The highest BCUT2D eigenvalue weighted by Gasteiger charge is 2.39. The van der Waals surface area contributed by atoms with E-state index in [9.17, 15) is 9.90 Å². The second-order valence-corrected chi connectivity index (χ2v) is 8.15. The molecule has 5 heteroatoms. The normalized spacial score (nSPS) is 25.0. The summed E-state index contributed by atoms with van der Waals surface area (Å²) in [5, 5.41) is 10.2. The van der Waals surface area contributed by atoms with Crippen LogP contribution in [0.4, 0.5) is 0 Å². The number of amides is 1. The highest BCUT2D eigenvalue weighted by atomic mass is 16.5. The van der Waals surface area contributed by atoms with Crippen LogP contribution < -0.4 is 0 Å². The number of ether oxygens (including phenoxy) is 1. The fourth-order valence-electron chi connectivity index (χ4n) is 3.07. The van der Waals surface area contributed by atoms with Crippen LogP contribution in [0, 0.1) is 10.8 Å². The molecule has 1 N–H and O–H groups in total. The number of piperazine rings is 1. The molecule has 0 radical (unpaired) electrons. The molecule has 1 unspecified atom stereocenters. The first kappa shape index (κ1) is 17.7. The van der Waals surface area contributed by atoms with E-state index in [0.717, 1.165) is 39.0 Å². The van der Waals surface area contributed by atoms with Gasteiger partial charge in [-0.05, 0) is 18.3 Å². The number of hydrogen-bond acceptors (Lipinski definition) is 4. The van der Waals surface area contributed by atoms with Gasteiger partial charge in [0.1, 0.15) is 0 Å². The van der Waals surface area contributed by atoms with E-state index in [1.165, 1.54) is 0 Å². The summed E-state index contributed by atoms with van der Waals surface area (Å²) in [5.74, 6) is 0.284. The topological polar surface area (TPSA) is 53.0 Å². The van der Waals surface area contributed by atoms with Crippen molar-refractivity contribution in [2.45, 2.75) is 46.6 Å². The Bertz CT molecular complexity index is 378. The molecule has 5 nitrogen and oxygen atoms in total. The van der Waals surface area contributed by atoms with Crippen LogP contribution in [0.5, 0.6) is 0 Å². The van der Waals surface area contributed by atoms with Gasteiger partial charge in [-0.1, -0.05) is 27.7 Å². The van der Waals surface area contributed by atoms with Crippen LogP contribution >= 0.6 is 0 Å². The molecular weight excluding hydrogens is 280 g/mol. The molecule has 22 heavy (non-hydrogen) atoms. The number of nitrogens with zero attached hydrogens (tertiary/aromatic N) is 2. The molecule has 0 spiro atoms. The molecule has 0 bridgehead atoms. The Hall–Kier alpha value is -0.650. The summed E-state index contributed by atoms with van der Waals surface area (Å²) in [6, 6.07) is 0. The first-order valence-electron chi connectivity index (χ1n) is 8.50. The summed E-state index contributed by atoms with van der Waals surface area (Å²) in [5.41, 5.74) is -0.339. The Kier molecular flexibility index (Phi) is 5.51. The van der Waals surface area contributed by atoms with Crippen molar-refractivity contribution in [2.75, 3.05) is 45.9 Å². The Morgan fingerprint density at radius 2 is 1.73 bits per heavy atom. The van der Waals surface area contributed by atoms with E-state index < -0.39 is 0 Å². The molecule has 2 heterocycles. The maximum Gasteiger partial charge on any atom is 0.228 e. The maximum absolute atomic E-state index is 12.8. The summed E-state index contributed by atoms with van der Waals surface area (Å²) in [4.78, 5) is 17.0. The third-order valence-electron chi connectivity index (χ3n) is 5.20. The van der Waals surface area contributed by atoms with Crippen LogP contribution in [-0.2, 0) is 9.53 Å². The number of carbonyl (C=O) groups excluding carboxylic acids is 1. The number of rotatable bonds is 3. The minimum Gasteiger partial charge on any atom is -0.391 e. The lowest BCUT2D eigenvalue weighted by atomic mass is 9.81. The molecule has 2 aliphatic rings. The second kappa shape index (κ2) is 6.85. The molecule has 0 aromatic rings. The van der Waals surface area contributed by atoms with Gasteiger partial charge < -0.3 is 14.7 Å². The van der Waals surface area contributed by atoms with Gasteiger partial charge in [-0.15, -0.1) is 0 Å². The van der Waals surface area contributed by atoms with E-state index in [4.69, 9.17) is 4.74 Å².